The molecule has 0 aromatic carbocycles. The summed E-state index contributed by atoms with van der Waals surface area (Å²) in [6.07, 6.45) is 3.51. The lowest BCUT2D eigenvalue weighted by molar-refractivity contribution is -0.118. The number of amides is 1. The summed E-state index contributed by atoms with van der Waals surface area (Å²) in [4.78, 5) is 12.0. The Morgan fingerprint density at radius 2 is 1.94 bits per heavy atom. The number of rotatable bonds is 2. The maximum Gasteiger partial charge on any atom is 0.247 e. The Morgan fingerprint density at radius 1 is 1.24 bits per heavy atom. The lowest BCUT2D eigenvalue weighted by atomic mass is 9.79. The molecule has 17 heavy (non-hydrogen) atoms. The molecule has 1 heterocycles. The van der Waals surface area contributed by atoms with Gasteiger partial charge in [0.2, 0.25) is 5.91 Å². The largest absolute Gasteiger partial charge is 0.350 e. The van der Waals surface area contributed by atoms with Crippen molar-refractivity contribution in [1.82, 2.24) is 10.6 Å². The molecule has 0 aromatic heterocycles. The summed E-state index contributed by atoms with van der Waals surface area (Å²) in [5.74, 6) is 1.68. The van der Waals surface area contributed by atoms with Gasteiger partial charge in [0.05, 0.1) is 0 Å². The average molecular weight is 236 g/mol. The van der Waals surface area contributed by atoms with E-state index in [4.69, 9.17) is 0 Å². The fourth-order valence-corrected chi connectivity index (χ4v) is 2.65. The fourth-order valence-electron chi connectivity index (χ4n) is 2.65. The van der Waals surface area contributed by atoms with E-state index in [0.717, 1.165) is 43.3 Å². The van der Waals surface area contributed by atoms with E-state index in [0.29, 0.717) is 6.04 Å². The molecule has 0 radical (unpaired) electrons. The van der Waals surface area contributed by atoms with Gasteiger partial charge in [-0.25, -0.2) is 0 Å². The van der Waals surface area contributed by atoms with Gasteiger partial charge in [0.15, 0.2) is 0 Å². The van der Waals surface area contributed by atoms with Crippen LogP contribution in [0.4, 0.5) is 0 Å². The summed E-state index contributed by atoms with van der Waals surface area (Å²) in [5.41, 5.74) is 2.19. The number of hydrogen-bond donors (Lipinski definition) is 2. The molecule has 2 rings (SSSR count). The second-order valence-corrected chi connectivity index (χ2v) is 5.77. The lowest BCUT2D eigenvalue weighted by Crippen LogP contribution is -2.42. The van der Waals surface area contributed by atoms with Crippen LogP contribution in [0.5, 0.6) is 0 Å². The Bertz CT molecular complexity index is 329. The molecule has 3 atom stereocenters. The molecule has 1 aliphatic carbocycles. The maximum atomic E-state index is 12.0. The summed E-state index contributed by atoms with van der Waals surface area (Å²) in [6.45, 7) is 8.33. The molecule has 2 fully saturated rings. The third-order valence-electron chi connectivity index (χ3n) is 4.48. The molecule has 1 amide bonds. The van der Waals surface area contributed by atoms with Crippen molar-refractivity contribution < 1.29 is 4.79 Å². The van der Waals surface area contributed by atoms with E-state index in [2.05, 4.69) is 24.5 Å². The molecule has 1 saturated carbocycles. The van der Waals surface area contributed by atoms with E-state index >= 15 is 0 Å². The predicted molar refractivity (Wildman–Crippen MR) is 69.7 cm³/mol. The molecule has 2 N–H and O–H groups in total. The number of carbonyl (C=O) groups is 1. The van der Waals surface area contributed by atoms with E-state index in [9.17, 15) is 4.79 Å². The average Bonchev–Trinajstić information content (AvgIpc) is 2.21. The van der Waals surface area contributed by atoms with Crippen LogP contribution in [0.25, 0.3) is 0 Å². The van der Waals surface area contributed by atoms with Gasteiger partial charge >= 0.3 is 0 Å². The standard InChI is InChI=1S/C14H24N2O/c1-9-4-5-13(6-10(9)2)16-14(17)11(3)12-7-15-8-12/h9-10,13,15H,4-8H2,1-3H3,(H,16,17). The third-order valence-corrected chi connectivity index (χ3v) is 4.48. The van der Waals surface area contributed by atoms with E-state index < -0.39 is 0 Å². The Morgan fingerprint density at radius 3 is 2.47 bits per heavy atom. The summed E-state index contributed by atoms with van der Waals surface area (Å²) < 4.78 is 0. The van der Waals surface area contributed by atoms with Crippen molar-refractivity contribution in [2.75, 3.05) is 13.1 Å². The molecule has 0 aromatic rings. The molecular formula is C14H24N2O. The zero-order valence-electron chi connectivity index (χ0n) is 11.2. The van der Waals surface area contributed by atoms with E-state index in [1.54, 1.807) is 0 Å². The summed E-state index contributed by atoms with van der Waals surface area (Å²) in [5, 5.41) is 6.37. The summed E-state index contributed by atoms with van der Waals surface area (Å²) in [7, 11) is 0. The van der Waals surface area contributed by atoms with Crippen molar-refractivity contribution in [3.05, 3.63) is 11.1 Å². The van der Waals surface area contributed by atoms with Crippen LogP contribution in [0, 0.1) is 11.8 Å². The number of hydrogen-bond acceptors (Lipinski definition) is 2. The molecule has 2 aliphatic rings. The van der Waals surface area contributed by atoms with Crippen LogP contribution in [0.15, 0.2) is 11.1 Å². The second-order valence-electron chi connectivity index (χ2n) is 5.77. The van der Waals surface area contributed by atoms with Crippen molar-refractivity contribution in [1.29, 1.82) is 0 Å². The SMILES string of the molecule is CC(C(=O)NC1CCC(C)C(C)C1)=C1CNC1. The van der Waals surface area contributed by atoms with Gasteiger partial charge in [0, 0.05) is 24.7 Å². The molecule has 96 valence electrons. The van der Waals surface area contributed by atoms with Crippen molar-refractivity contribution in [2.45, 2.75) is 46.1 Å². The van der Waals surface area contributed by atoms with Gasteiger partial charge in [-0.15, -0.1) is 0 Å². The molecule has 3 heteroatoms. The molecule has 0 bridgehead atoms. The van der Waals surface area contributed by atoms with Crippen LogP contribution in [0.2, 0.25) is 0 Å². The van der Waals surface area contributed by atoms with Gasteiger partial charge in [-0.3, -0.25) is 4.79 Å². The van der Waals surface area contributed by atoms with Gasteiger partial charge in [-0.05, 0) is 43.6 Å². The van der Waals surface area contributed by atoms with Crippen LogP contribution in [-0.2, 0) is 4.79 Å². The first kappa shape index (κ1) is 12.6. The monoisotopic (exact) mass is 236 g/mol. The Balaban J connectivity index is 1.87. The van der Waals surface area contributed by atoms with Gasteiger partial charge in [0.25, 0.3) is 0 Å². The first-order valence-corrected chi connectivity index (χ1v) is 6.78. The maximum absolute atomic E-state index is 12.0. The van der Waals surface area contributed by atoms with Crippen molar-refractivity contribution >= 4 is 5.91 Å². The first-order chi connectivity index (χ1) is 8.08. The number of carbonyl (C=O) groups excluding carboxylic acids is 1. The smallest absolute Gasteiger partial charge is 0.247 e. The highest BCUT2D eigenvalue weighted by Gasteiger charge is 2.26. The Kier molecular flexibility index (Phi) is 3.87. The minimum Gasteiger partial charge on any atom is -0.350 e. The van der Waals surface area contributed by atoms with Gasteiger partial charge in [0.1, 0.15) is 0 Å². The van der Waals surface area contributed by atoms with E-state index in [1.807, 2.05) is 6.92 Å². The zero-order valence-corrected chi connectivity index (χ0v) is 11.2. The molecule has 3 nitrogen and oxygen atoms in total. The fraction of sp³-hybridized carbons (Fsp3) is 0.786. The topological polar surface area (TPSA) is 41.1 Å². The van der Waals surface area contributed by atoms with Gasteiger partial charge in [-0.1, -0.05) is 13.8 Å². The highest BCUT2D eigenvalue weighted by atomic mass is 16.1. The van der Waals surface area contributed by atoms with Crippen LogP contribution in [0.1, 0.15) is 40.0 Å². The minimum absolute atomic E-state index is 0.147. The molecule has 1 saturated heterocycles. The van der Waals surface area contributed by atoms with Crippen LogP contribution < -0.4 is 10.6 Å². The first-order valence-electron chi connectivity index (χ1n) is 6.78. The zero-order chi connectivity index (χ0) is 12.4. The van der Waals surface area contributed by atoms with Crippen LogP contribution in [-0.4, -0.2) is 25.0 Å². The van der Waals surface area contributed by atoms with Crippen molar-refractivity contribution in [3.8, 4) is 0 Å². The molecule has 0 spiro atoms. The van der Waals surface area contributed by atoms with Crippen LogP contribution in [0.3, 0.4) is 0 Å². The number of nitrogens with one attached hydrogen (secondary N) is 2. The van der Waals surface area contributed by atoms with E-state index in [-0.39, 0.29) is 5.91 Å². The summed E-state index contributed by atoms with van der Waals surface area (Å²) in [6, 6.07) is 0.386. The minimum atomic E-state index is 0.147. The van der Waals surface area contributed by atoms with Crippen molar-refractivity contribution in [2.24, 2.45) is 11.8 Å². The summed E-state index contributed by atoms with van der Waals surface area (Å²) >= 11 is 0. The second kappa shape index (κ2) is 5.21. The van der Waals surface area contributed by atoms with E-state index in [1.165, 1.54) is 12.0 Å². The highest BCUT2D eigenvalue weighted by Crippen LogP contribution is 2.29. The van der Waals surface area contributed by atoms with Crippen LogP contribution >= 0.6 is 0 Å². The highest BCUT2D eigenvalue weighted by molar-refractivity contribution is 5.94. The molecular weight excluding hydrogens is 212 g/mol. The Labute approximate surface area is 104 Å². The van der Waals surface area contributed by atoms with Gasteiger partial charge in [-0.2, -0.15) is 0 Å². The van der Waals surface area contributed by atoms with Crippen molar-refractivity contribution in [3.63, 3.8) is 0 Å². The molecule has 1 aliphatic heterocycles. The normalized spacial score (nSPS) is 32.9. The lowest BCUT2D eigenvalue weighted by Gasteiger charge is -2.33. The third kappa shape index (κ3) is 2.89. The Hall–Kier alpha value is -0.830. The molecule has 3 unspecified atom stereocenters. The van der Waals surface area contributed by atoms with Gasteiger partial charge < -0.3 is 10.6 Å². The predicted octanol–water partition coefficient (Wildman–Crippen LogP) is 1.85. The quantitative estimate of drug-likeness (QED) is 0.718.